The SMILES string of the molecule is CC.CC.CCN(C)C(C)C(C)=O. The van der Waals surface area contributed by atoms with Gasteiger partial charge >= 0.3 is 0 Å². The minimum absolute atomic E-state index is 0.0787. The first-order chi connectivity index (χ1) is 6.09. The molecule has 1 unspecified atom stereocenters. The van der Waals surface area contributed by atoms with Crippen molar-refractivity contribution in [2.24, 2.45) is 0 Å². The summed E-state index contributed by atoms with van der Waals surface area (Å²) in [4.78, 5) is 12.7. The van der Waals surface area contributed by atoms with Crippen molar-refractivity contribution in [1.82, 2.24) is 4.90 Å². The molecular formula is C11H27NO. The number of Topliss-reactive ketones (excluding diaryl/α,β-unsaturated/α-hetero) is 1. The van der Waals surface area contributed by atoms with E-state index in [0.717, 1.165) is 6.54 Å². The first-order valence-corrected chi connectivity index (χ1v) is 5.30. The Bertz CT molecular complexity index is 102. The van der Waals surface area contributed by atoms with Gasteiger partial charge in [0.05, 0.1) is 6.04 Å². The standard InChI is InChI=1S/C7H15NO.2C2H6/c1-5-8(4)6(2)7(3)9;2*1-2/h6H,5H2,1-4H3;2*1-2H3. The molecular weight excluding hydrogens is 162 g/mol. The zero-order chi connectivity index (χ0) is 11.4. The fourth-order valence-corrected chi connectivity index (χ4v) is 0.584. The van der Waals surface area contributed by atoms with Crippen molar-refractivity contribution < 1.29 is 4.79 Å². The average Bonchev–Trinajstić information content (AvgIpc) is 2.21. The Morgan fingerprint density at radius 3 is 1.62 bits per heavy atom. The summed E-state index contributed by atoms with van der Waals surface area (Å²) in [5.74, 6) is 0.236. The van der Waals surface area contributed by atoms with Crippen LogP contribution >= 0.6 is 0 Å². The predicted molar refractivity (Wildman–Crippen MR) is 61.1 cm³/mol. The van der Waals surface area contributed by atoms with Crippen molar-refractivity contribution in [3.63, 3.8) is 0 Å². The summed E-state index contributed by atoms with van der Waals surface area (Å²) in [6.45, 7) is 14.5. The van der Waals surface area contributed by atoms with Crippen LogP contribution in [0.5, 0.6) is 0 Å². The molecule has 0 radical (unpaired) electrons. The highest BCUT2D eigenvalue weighted by Crippen LogP contribution is 1.94. The molecule has 0 aromatic heterocycles. The largest absolute Gasteiger partial charge is 0.298 e. The molecule has 13 heavy (non-hydrogen) atoms. The number of ketones is 1. The van der Waals surface area contributed by atoms with Gasteiger partial charge in [-0.15, -0.1) is 0 Å². The maximum atomic E-state index is 10.7. The molecule has 0 spiro atoms. The van der Waals surface area contributed by atoms with Crippen molar-refractivity contribution in [1.29, 1.82) is 0 Å². The van der Waals surface area contributed by atoms with E-state index in [1.165, 1.54) is 0 Å². The van der Waals surface area contributed by atoms with Crippen LogP contribution in [0.1, 0.15) is 48.5 Å². The highest BCUT2D eigenvalue weighted by Gasteiger charge is 2.10. The third-order valence-electron chi connectivity index (χ3n) is 1.75. The van der Waals surface area contributed by atoms with E-state index in [4.69, 9.17) is 0 Å². The van der Waals surface area contributed by atoms with Gasteiger partial charge in [-0.3, -0.25) is 9.69 Å². The van der Waals surface area contributed by atoms with Crippen molar-refractivity contribution in [2.75, 3.05) is 13.6 Å². The lowest BCUT2D eigenvalue weighted by molar-refractivity contribution is -0.121. The highest BCUT2D eigenvalue weighted by atomic mass is 16.1. The first-order valence-electron chi connectivity index (χ1n) is 5.30. The summed E-state index contributed by atoms with van der Waals surface area (Å²) in [5.41, 5.74) is 0. The third-order valence-corrected chi connectivity index (χ3v) is 1.75. The van der Waals surface area contributed by atoms with Crippen molar-refractivity contribution in [3.05, 3.63) is 0 Å². The second-order valence-electron chi connectivity index (χ2n) is 2.36. The van der Waals surface area contributed by atoms with Gasteiger partial charge in [-0.1, -0.05) is 34.6 Å². The molecule has 0 aromatic rings. The van der Waals surface area contributed by atoms with Crippen LogP contribution in [0.2, 0.25) is 0 Å². The maximum absolute atomic E-state index is 10.7. The summed E-state index contributed by atoms with van der Waals surface area (Å²) in [7, 11) is 1.95. The molecule has 0 saturated heterocycles. The maximum Gasteiger partial charge on any atom is 0.146 e. The van der Waals surface area contributed by atoms with Crippen molar-refractivity contribution >= 4 is 5.78 Å². The molecule has 0 aliphatic rings. The van der Waals surface area contributed by atoms with Crippen LogP contribution in [0, 0.1) is 0 Å². The predicted octanol–water partition coefficient (Wildman–Crippen LogP) is 2.97. The van der Waals surface area contributed by atoms with E-state index < -0.39 is 0 Å². The summed E-state index contributed by atoms with van der Waals surface area (Å²) >= 11 is 0. The lowest BCUT2D eigenvalue weighted by atomic mass is 10.2. The van der Waals surface area contributed by atoms with E-state index >= 15 is 0 Å². The number of hydrogen-bond donors (Lipinski definition) is 0. The molecule has 0 aliphatic heterocycles. The van der Waals surface area contributed by atoms with Gasteiger partial charge in [0, 0.05) is 0 Å². The fraction of sp³-hybridized carbons (Fsp3) is 0.909. The van der Waals surface area contributed by atoms with E-state index in [9.17, 15) is 4.79 Å². The molecule has 0 fully saturated rings. The third kappa shape index (κ3) is 11.6. The molecule has 82 valence electrons. The number of carbonyl (C=O) groups excluding carboxylic acids is 1. The Kier molecular flexibility index (Phi) is 20.1. The van der Waals surface area contributed by atoms with Gasteiger partial charge in [0.2, 0.25) is 0 Å². The van der Waals surface area contributed by atoms with Gasteiger partial charge in [-0.05, 0) is 27.4 Å². The number of carbonyl (C=O) groups is 1. The Hall–Kier alpha value is -0.370. The molecule has 1 atom stereocenters. The smallest absolute Gasteiger partial charge is 0.146 e. The summed E-state index contributed by atoms with van der Waals surface area (Å²) < 4.78 is 0. The molecule has 2 nitrogen and oxygen atoms in total. The molecule has 0 aromatic carbocycles. The minimum atomic E-state index is 0.0787. The molecule has 0 aliphatic carbocycles. The number of hydrogen-bond acceptors (Lipinski definition) is 2. The van der Waals surface area contributed by atoms with Crippen LogP contribution in [0.25, 0.3) is 0 Å². The molecule has 0 bridgehead atoms. The van der Waals surface area contributed by atoms with Gasteiger partial charge in [0.15, 0.2) is 0 Å². The Morgan fingerprint density at radius 2 is 1.54 bits per heavy atom. The highest BCUT2D eigenvalue weighted by molar-refractivity contribution is 5.80. The topological polar surface area (TPSA) is 20.3 Å². The van der Waals surface area contributed by atoms with Crippen LogP contribution in [0.3, 0.4) is 0 Å². The minimum Gasteiger partial charge on any atom is -0.298 e. The quantitative estimate of drug-likeness (QED) is 0.680. The van der Waals surface area contributed by atoms with Gasteiger partial charge < -0.3 is 0 Å². The average molecular weight is 189 g/mol. The summed E-state index contributed by atoms with van der Waals surface area (Å²) in [6, 6.07) is 0.0787. The number of nitrogens with zero attached hydrogens (tertiary/aromatic N) is 1. The molecule has 0 rings (SSSR count). The van der Waals surface area contributed by atoms with E-state index in [1.54, 1.807) is 6.92 Å². The van der Waals surface area contributed by atoms with Gasteiger partial charge in [0.25, 0.3) is 0 Å². The van der Waals surface area contributed by atoms with Crippen molar-refractivity contribution in [3.8, 4) is 0 Å². The van der Waals surface area contributed by atoms with Gasteiger partial charge in [0.1, 0.15) is 5.78 Å². The van der Waals surface area contributed by atoms with E-state index in [1.807, 2.05) is 53.5 Å². The van der Waals surface area contributed by atoms with Gasteiger partial charge in [-0.2, -0.15) is 0 Å². The second kappa shape index (κ2) is 14.2. The van der Waals surface area contributed by atoms with Crippen LogP contribution in [-0.4, -0.2) is 30.3 Å². The molecule has 0 N–H and O–H groups in total. The summed E-state index contributed by atoms with van der Waals surface area (Å²) in [5, 5.41) is 0. The van der Waals surface area contributed by atoms with Crippen LogP contribution in [0.15, 0.2) is 0 Å². The first kappa shape index (κ1) is 18.4. The molecule has 0 amide bonds. The summed E-state index contributed by atoms with van der Waals surface area (Å²) in [6.07, 6.45) is 0. The lowest BCUT2D eigenvalue weighted by Gasteiger charge is -2.19. The normalized spacial score (nSPS) is 10.5. The zero-order valence-electron chi connectivity index (χ0n) is 10.6. The Labute approximate surface area is 84.3 Å². The number of likely N-dealkylation sites (N-methyl/N-ethyl adjacent to an activating group) is 1. The van der Waals surface area contributed by atoms with E-state index in [-0.39, 0.29) is 11.8 Å². The zero-order valence-corrected chi connectivity index (χ0v) is 10.6. The van der Waals surface area contributed by atoms with Crippen LogP contribution < -0.4 is 0 Å². The fourth-order valence-electron chi connectivity index (χ4n) is 0.584. The lowest BCUT2D eigenvalue weighted by Crippen LogP contribution is -2.34. The van der Waals surface area contributed by atoms with E-state index in [0.29, 0.717) is 0 Å². The van der Waals surface area contributed by atoms with Crippen LogP contribution in [-0.2, 0) is 4.79 Å². The van der Waals surface area contributed by atoms with E-state index in [2.05, 4.69) is 0 Å². The molecule has 2 heteroatoms. The number of rotatable bonds is 3. The van der Waals surface area contributed by atoms with Crippen molar-refractivity contribution in [2.45, 2.75) is 54.5 Å². The Balaban J connectivity index is -0.000000218. The molecule has 0 saturated carbocycles. The second-order valence-corrected chi connectivity index (χ2v) is 2.36. The van der Waals surface area contributed by atoms with Gasteiger partial charge in [-0.25, -0.2) is 0 Å². The monoisotopic (exact) mass is 189 g/mol. The Morgan fingerprint density at radius 1 is 1.23 bits per heavy atom. The molecule has 0 heterocycles. The van der Waals surface area contributed by atoms with Crippen LogP contribution in [0.4, 0.5) is 0 Å².